The second-order valence-electron chi connectivity index (χ2n) is 15.0. The molecule has 3 unspecified atom stereocenters. The Morgan fingerprint density at radius 3 is 1.68 bits per heavy atom. The maximum atomic E-state index is 12.8. The van der Waals surface area contributed by atoms with Gasteiger partial charge in [0.1, 0.15) is 13.2 Å². The average Bonchev–Trinajstić information content (AvgIpc) is 3.06. The van der Waals surface area contributed by atoms with E-state index in [9.17, 15) is 19.4 Å². The number of hydrogen-bond donors (Lipinski definition) is 3. The summed E-state index contributed by atoms with van der Waals surface area (Å²) in [6, 6.07) is -0.850. The van der Waals surface area contributed by atoms with Crippen LogP contribution in [0.4, 0.5) is 0 Å². The number of phosphoric ester groups is 1. The van der Waals surface area contributed by atoms with Gasteiger partial charge in [-0.05, 0) is 51.4 Å². The molecule has 3 N–H and O–H groups in total. The third-order valence-electron chi connectivity index (χ3n) is 8.85. The number of likely N-dealkylation sites (N-methyl/N-ethyl adjacent to an activating group) is 1. The van der Waals surface area contributed by atoms with Gasteiger partial charge in [0.15, 0.2) is 0 Å². The molecule has 0 aromatic rings. The largest absolute Gasteiger partial charge is 0.472 e. The van der Waals surface area contributed by atoms with Gasteiger partial charge in [0, 0.05) is 6.42 Å². The molecule has 9 heteroatoms. The van der Waals surface area contributed by atoms with Crippen LogP contribution in [0.3, 0.4) is 0 Å². The summed E-state index contributed by atoms with van der Waals surface area (Å²) >= 11 is 0. The number of hydrogen-bond acceptors (Lipinski definition) is 5. The van der Waals surface area contributed by atoms with Crippen molar-refractivity contribution in [2.75, 3.05) is 40.9 Å². The molecule has 0 aliphatic carbocycles. The van der Waals surface area contributed by atoms with Crippen molar-refractivity contribution in [1.29, 1.82) is 0 Å². The molecule has 0 radical (unpaired) electrons. The minimum absolute atomic E-state index is 0.0581. The fourth-order valence-electron chi connectivity index (χ4n) is 5.54. The Bertz CT molecular complexity index is 917. The van der Waals surface area contributed by atoms with E-state index in [1.807, 2.05) is 27.2 Å². The quantitative estimate of drug-likeness (QED) is 0.0257. The van der Waals surface area contributed by atoms with E-state index in [0.717, 1.165) is 64.2 Å². The second kappa shape index (κ2) is 33.5. The molecule has 0 aromatic carbocycles. The van der Waals surface area contributed by atoms with Gasteiger partial charge in [-0.1, -0.05) is 147 Å². The summed E-state index contributed by atoms with van der Waals surface area (Å²) < 4.78 is 23.5. The normalized spacial score (nSPS) is 14.9. The molecule has 0 aliphatic rings. The maximum Gasteiger partial charge on any atom is 0.472 e. The van der Waals surface area contributed by atoms with Crippen molar-refractivity contribution in [1.82, 2.24) is 5.32 Å². The number of carbonyl (C=O) groups is 1. The maximum absolute atomic E-state index is 12.8. The molecule has 8 nitrogen and oxygen atoms in total. The van der Waals surface area contributed by atoms with Crippen LogP contribution in [0.25, 0.3) is 0 Å². The molecule has 0 saturated carbocycles. The molecule has 0 heterocycles. The Labute approximate surface area is 308 Å². The monoisotopic (exact) mass is 728 g/mol. The lowest BCUT2D eigenvalue weighted by atomic mass is 10.0. The van der Waals surface area contributed by atoms with Gasteiger partial charge in [0.2, 0.25) is 5.91 Å². The van der Waals surface area contributed by atoms with Crippen LogP contribution in [0.2, 0.25) is 0 Å². The number of nitrogens with one attached hydrogen (secondary N) is 1. The van der Waals surface area contributed by atoms with E-state index >= 15 is 0 Å². The highest BCUT2D eigenvalue weighted by atomic mass is 31.2. The van der Waals surface area contributed by atoms with Crippen molar-refractivity contribution in [2.45, 2.75) is 180 Å². The van der Waals surface area contributed by atoms with Crippen molar-refractivity contribution < 1.29 is 32.9 Å². The van der Waals surface area contributed by atoms with Gasteiger partial charge in [0.25, 0.3) is 0 Å². The second-order valence-corrected chi connectivity index (χ2v) is 16.5. The number of rotatable bonds is 36. The van der Waals surface area contributed by atoms with E-state index < -0.39 is 20.0 Å². The SMILES string of the molecule is CCCCC/C=C\C/C=C\CCCCCCCC(=O)NC(COP(=O)(O)OCC[N+](C)(C)C)C(O)/C=C/CCCCCCCCCCCCC. The van der Waals surface area contributed by atoms with Crippen molar-refractivity contribution in [3.8, 4) is 0 Å². The number of carbonyl (C=O) groups excluding carboxylic acids is 1. The van der Waals surface area contributed by atoms with Crippen LogP contribution in [0.1, 0.15) is 168 Å². The molecular formula is C41H80N2O6P+. The van der Waals surface area contributed by atoms with Crippen molar-refractivity contribution >= 4 is 13.7 Å². The fourth-order valence-corrected chi connectivity index (χ4v) is 6.28. The average molecular weight is 728 g/mol. The fraction of sp³-hybridized carbons (Fsp3) is 0.829. The Kier molecular flexibility index (Phi) is 32.7. The number of aliphatic hydroxyl groups is 1. The molecule has 0 fully saturated rings. The first-order valence-electron chi connectivity index (χ1n) is 20.4. The first-order valence-corrected chi connectivity index (χ1v) is 21.9. The number of unbranched alkanes of at least 4 members (excludes halogenated alkanes) is 19. The number of allylic oxidation sites excluding steroid dienone is 5. The van der Waals surface area contributed by atoms with Crippen LogP contribution in [-0.4, -0.2) is 73.4 Å². The highest BCUT2D eigenvalue weighted by molar-refractivity contribution is 7.47. The van der Waals surface area contributed by atoms with Crippen molar-refractivity contribution in [3.05, 3.63) is 36.5 Å². The number of nitrogens with zero attached hydrogens (tertiary/aromatic N) is 1. The molecule has 294 valence electrons. The third-order valence-corrected chi connectivity index (χ3v) is 9.84. The Morgan fingerprint density at radius 2 is 1.14 bits per heavy atom. The summed E-state index contributed by atoms with van der Waals surface area (Å²) in [6.07, 6.45) is 39.1. The summed E-state index contributed by atoms with van der Waals surface area (Å²) in [5.41, 5.74) is 0. The highest BCUT2D eigenvalue weighted by Gasteiger charge is 2.27. The van der Waals surface area contributed by atoms with Gasteiger partial charge in [0.05, 0.1) is 39.9 Å². The molecule has 0 rings (SSSR count). The van der Waals surface area contributed by atoms with E-state index in [2.05, 4.69) is 43.5 Å². The number of amides is 1. The van der Waals surface area contributed by atoms with E-state index in [1.165, 1.54) is 83.5 Å². The number of quaternary nitrogens is 1. The zero-order valence-electron chi connectivity index (χ0n) is 33.1. The Balaban J connectivity index is 4.53. The Morgan fingerprint density at radius 1 is 0.680 bits per heavy atom. The van der Waals surface area contributed by atoms with Crippen molar-refractivity contribution in [2.24, 2.45) is 0 Å². The molecule has 0 aliphatic heterocycles. The van der Waals surface area contributed by atoms with Gasteiger partial charge in [-0.3, -0.25) is 13.8 Å². The summed E-state index contributed by atoms with van der Waals surface area (Å²) in [5.74, 6) is -0.194. The molecule has 0 spiro atoms. The molecule has 3 atom stereocenters. The lowest BCUT2D eigenvalue weighted by molar-refractivity contribution is -0.870. The third kappa shape index (κ3) is 35.1. The first kappa shape index (κ1) is 48.7. The lowest BCUT2D eigenvalue weighted by Gasteiger charge is -2.25. The van der Waals surface area contributed by atoms with E-state index in [-0.39, 0.29) is 19.1 Å². The van der Waals surface area contributed by atoms with E-state index in [1.54, 1.807) is 6.08 Å². The molecule has 0 bridgehead atoms. The molecule has 0 aromatic heterocycles. The number of aliphatic hydroxyl groups excluding tert-OH is 1. The van der Waals surface area contributed by atoms with Crippen LogP contribution in [-0.2, 0) is 18.4 Å². The topological polar surface area (TPSA) is 105 Å². The predicted octanol–water partition coefficient (Wildman–Crippen LogP) is 10.7. The number of phosphoric acid groups is 1. The molecule has 0 saturated heterocycles. The minimum Gasteiger partial charge on any atom is -0.387 e. The van der Waals surface area contributed by atoms with Gasteiger partial charge in [-0.15, -0.1) is 0 Å². The smallest absolute Gasteiger partial charge is 0.387 e. The van der Waals surface area contributed by atoms with E-state index in [0.29, 0.717) is 17.4 Å². The van der Waals surface area contributed by atoms with Crippen LogP contribution >= 0.6 is 7.82 Å². The van der Waals surface area contributed by atoms with E-state index in [4.69, 9.17) is 9.05 Å². The molecule has 50 heavy (non-hydrogen) atoms. The van der Waals surface area contributed by atoms with Crippen LogP contribution < -0.4 is 5.32 Å². The Hall–Kier alpha value is -1.28. The summed E-state index contributed by atoms with van der Waals surface area (Å²) in [4.78, 5) is 23.0. The van der Waals surface area contributed by atoms with Gasteiger partial charge in [-0.25, -0.2) is 4.57 Å². The predicted molar refractivity (Wildman–Crippen MR) is 212 cm³/mol. The van der Waals surface area contributed by atoms with Gasteiger partial charge < -0.3 is 19.8 Å². The molecular weight excluding hydrogens is 647 g/mol. The standard InChI is InChI=1S/C41H79N2O6P/c1-6-8-10-12-14-16-18-20-21-23-25-27-29-31-33-35-41(45)42-39(38-49-50(46,47)48-37-36-43(3,4)5)40(44)34-32-30-28-26-24-22-19-17-15-13-11-9-7-2/h14,16,20-21,32,34,39-40,44H,6-13,15,17-19,22-31,33,35-38H2,1-5H3,(H-,42,45,46,47)/p+1/b16-14-,21-20-,34-32+. The summed E-state index contributed by atoms with van der Waals surface area (Å²) in [5, 5.41) is 13.8. The molecule has 1 amide bonds. The lowest BCUT2D eigenvalue weighted by Crippen LogP contribution is -2.45. The van der Waals surface area contributed by atoms with Crippen molar-refractivity contribution in [3.63, 3.8) is 0 Å². The minimum atomic E-state index is -4.33. The van der Waals surface area contributed by atoms with Crippen LogP contribution in [0, 0.1) is 0 Å². The zero-order valence-corrected chi connectivity index (χ0v) is 34.0. The van der Waals surface area contributed by atoms with Crippen LogP contribution in [0.15, 0.2) is 36.5 Å². The summed E-state index contributed by atoms with van der Waals surface area (Å²) in [7, 11) is 1.56. The zero-order chi connectivity index (χ0) is 37.2. The highest BCUT2D eigenvalue weighted by Crippen LogP contribution is 2.43. The van der Waals surface area contributed by atoms with Gasteiger partial charge >= 0.3 is 7.82 Å². The van der Waals surface area contributed by atoms with Gasteiger partial charge in [-0.2, -0.15) is 0 Å². The summed E-state index contributed by atoms with van der Waals surface area (Å²) in [6.45, 7) is 4.75. The first-order chi connectivity index (χ1) is 24.0. The van der Waals surface area contributed by atoms with Crippen LogP contribution in [0.5, 0.6) is 0 Å².